The second kappa shape index (κ2) is 5.10. The molecule has 0 bridgehead atoms. The van der Waals surface area contributed by atoms with E-state index in [0.717, 1.165) is 12.3 Å². The fraction of sp³-hybridized carbons (Fsp3) is 0.368. The fourth-order valence-corrected chi connectivity index (χ4v) is 2.78. The minimum Gasteiger partial charge on any atom is -0.473 e. The first-order valence-corrected chi connectivity index (χ1v) is 7.52. The lowest BCUT2D eigenvalue weighted by molar-refractivity contribution is 0.289. The Kier molecular flexibility index (Phi) is 3.40. The first kappa shape index (κ1) is 14.0. The van der Waals surface area contributed by atoms with Gasteiger partial charge in [0.05, 0.1) is 0 Å². The second-order valence-corrected chi connectivity index (χ2v) is 6.83. The molecule has 0 spiro atoms. The van der Waals surface area contributed by atoms with Crippen molar-refractivity contribution in [2.24, 2.45) is 0 Å². The molecule has 0 atom stereocenters. The average molecular weight is 281 g/mol. The van der Waals surface area contributed by atoms with Crippen LogP contribution in [0.15, 0.2) is 42.5 Å². The van der Waals surface area contributed by atoms with Gasteiger partial charge in [-0.3, -0.25) is 0 Å². The summed E-state index contributed by atoms with van der Waals surface area (Å²) in [5, 5.41) is 0. The van der Waals surface area contributed by atoms with Gasteiger partial charge in [0.2, 0.25) is 0 Å². The third-order valence-corrected chi connectivity index (χ3v) is 4.12. The van der Waals surface area contributed by atoms with Crippen LogP contribution in [-0.2, 0) is 12.0 Å². The van der Waals surface area contributed by atoms with E-state index in [4.69, 9.17) is 4.74 Å². The number of para-hydroxylation sites is 1. The number of hydrogen-bond donors (Lipinski definition) is 0. The summed E-state index contributed by atoms with van der Waals surface area (Å²) in [6, 6.07) is 15.1. The van der Waals surface area contributed by atoms with Crippen molar-refractivity contribution in [2.75, 3.05) is 11.6 Å². The lowest BCUT2D eigenvalue weighted by Gasteiger charge is -2.33. The Morgan fingerprint density at radius 2 is 1.81 bits per heavy atom. The zero-order chi connectivity index (χ0) is 15.0. The second-order valence-electron chi connectivity index (χ2n) is 6.83. The third kappa shape index (κ3) is 2.76. The molecule has 0 aliphatic carbocycles. The number of fused-ring (bicyclic) bond motifs is 1. The molecule has 2 aromatic carbocycles. The van der Waals surface area contributed by atoms with Crippen LogP contribution in [0.5, 0.6) is 5.75 Å². The normalized spacial score (nSPS) is 14.6. The average Bonchev–Trinajstić information content (AvgIpc) is 2.45. The van der Waals surface area contributed by atoms with Crippen molar-refractivity contribution in [3.05, 3.63) is 59.2 Å². The van der Waals surface area contributed by atoms with Crippen LogP contribution in [0.2, 0.25) is 0 Å². The van der Waals surface area contributed by atoms with Crippen molar-refractivity contribution in [2.45, 2.75) is 39.7 Å². The summed E-state index contributed by atoms with van der Waals surface area (Å²) in [6.07, 6.45) is 0. The van der Waals surface area contributed by atoms with Gasteiger partial charge in [-0.1, -0.05) is 45.0 Å². The van der Waals surface area contributed by atoms with Gasteiger partial charge in [-0.25, -0.2) is 0 Å². The van der Waals surface area contributed by atoms with Crippen molar-refractivity contribution in [1.82, 2.24) is 0 Å². The highest BCUT2D eigenvalue weighted by atomic mass is 16.5. The maximum absolute atomic E-state index is 5.94. The van der Waals surface area contributed by atoms with Gasteiger partial charge in [0.25, 0.3) is 0 Å². The lowest BCUT2D eigenvalue weighted by Crippen LogP contribution is -2.32. The van der Waals surface area contributed by atoms with Crippen molar-refractivity contribution in [3.63, 3.8) is 0 Å². The molecule has 0 fully saturated rings. The quantitative estimate of drug-likeness (QED) is 0.754. The Hall–Kier alpha value is -1.96. The highest BCUT2D eigenvalue weighted by molar-refractivity contribution is 5.55. The van der Waals surface area contributed by atoms with E-state index >= 15 is 0 Å². The van der Waals surface area contributed by atoms with Crippen molar-refractivity contribution >= 4 is 5.69 Å². The molecule has 0 saturated heterocycles. The van der Waals surface area contributed by atoms with Gasteiger partial charge < -0.3 is 9.64 Å². The van der Waals surface area contributed by atoms with Gasteiger partial charge >= 0.3 is 0 Å². The van der Waals surface area contributed by atoms with Crippen LogP contribution in [-0.4, -0.2) is 6.73 Å². The van der Waals surface area contributed by atoms with Gasteiger partial charge in [-0.2, -0.15) is 0 Å². The zero-order valence-corrected chi connectivity index (χ0v) is 13.3. The molecule has 3 rings (SSSR count). The predicted octanol–water partition coefficient (Wildman–Crippen LogP) is 4.65. The molecular weight excluding hydrogens is 258 g/mol. The van der Waals surface area contributed by atoms with Crippen LogP contribution in [0.1, 0.15) is 37.5 Å². The first-order chi connectivity index (χ1) is 9.95. The van der Waals surface area contributed by atoms with E-state index in [1.54, 1.807) is 0 Å². The molecule has 0 amide bonds. The van der Waals surface area contributed by atoms with Crippen LogP contribution in [0.4, 0.5) is 5.69 Å². The zero-order valence-electron chi connectivity index (χ0n) is 13.3. The van der Waals surface area contributed by atoms with Gasteiger partial charge in [-0.15, -0.1) is 0 Å². The van der Waals surface area contributed by atoms with Crippen LogP contribution in [0.3, 0.4) is 0 Å². The molecule has 0 saturated carbocycles. The largest absolute Gasteiger partial charge is 0.473 e. The Morgan fingerprint density at radius 1 is 1.05 bits per heavy atom. The number of anilines is 1. The smallest absolute Gasteiger partial charge is 0.161 e. The van der Waals surface area contributed by atoms with Crippen LogP contribution in [0.25, 0.3) is 0 Å². The van der Waals surface area contributed by atoms with E-state index in [-0.39, 0.29) is 5.41 Å². The van der Waals surface area contributed by atoms with E-state index in [1.165, 1.54) is 22.4 Å². The maximum Gasteiger partial charge on any atom is 0.161 e. The lowest BCUT2D eigenvalue weighted by atomic mass is 9.86. The van der Waals surface area contributed by atoms with Crippen molar-refractivity contribution < 1.29 is 4.74 Å². The molecular formula is C19H23NO. The van der Waals surface area contributed by atoms with Gasteiger partial charge in [-0.05, 0) is 41.7 Å². The van der Waals surface area contributed by atoms with E-state index < -0.39 is 0 Å². The minimum absolute atomic E-state index is 0.167. The number of benzene rings is 2. The SMILES string of the molecule is Cc1ccccc1N1COc2ccc(C(C)(C)C)cc2C1. The number of ether oxygens (including phenoxy) is 1. The number of aryl methyl sites for hydroxylation is 1. The summed E-state index contributed by atoms with van der Waals surface area (Å²) in [6.45, 7) is 10.4. The van der Waals surface area contributed by atoms with E-state index in [0.29, 0.717) is 6.73 Å². The van der Waals surface area contributed by atoms with Gasteiger partial charge in [0.15, 0.2) is 6.73 Å². The van der Waals surface area contributed by atoms with Crippen LogP contribution >= 0.6 is 0 Å². The summed E-state index contributed by atoms with van der Waals surface area (Å²) >= 11 is 0. The summed E-state index contributed by atoms with van der Waals surface area (Å²) in [5.74, 6) is 1.02. The molecule has 1 aliphatic rings. The van der Waals surface area contributed by atoms with Crippen molar-refractivity contribution in [1.29, 1.82) is 0 Å². The van der Waals surface area contributed by atoms with Crippen LogP contribution < -0.4 is 9.64 Å². The monoisotopic (exact) mass is 281 g/mol. The molecule has 0 N–H and O–H groups in total. The molecule has 1 aliphatic heterocycles. The molecule has 1 heterocycles. The Balaban J connectivity index is 1.93. The molecule has 21 heavy (non-hydrogen) atoms. The first-order valence-electron chi connectivity index (χ1n) is 7.52. The molecule has 2 aromatic rings. The van der Waals surface area contributed by atoms with E-state index in [9.17, 15) is 0 Å². The van der Waals surface area contributed by atoms with E-state index in [1.807, 2.05) is 0 Å². The Labute approximate surface area is 127 Å². The predicted molar refractivity (Wildman–Crippen MR) is 88.0 cm³/mol. The number of nitrogens with zero attached hydrogens (tertiary/aromatic N) is 1. The van der Waals surface area contributed by atoms with Crippen LogP contribution in [0, 0.1) is 6.92 Å². The fourth-order valence-electron chi connectivity index (χ4n) is 2.78. The number of hydrogen-bond acceptors (Lipinski definition) is 2. The molecule has 2 nitrogen and oxygen atoms in total. The summed E-state index contributed by atoms with van der Waals surface area (Å²) < 4.78 is 5.94. The maximum atomic E-state index is 5.94. The third-order valence-electron chi connectivity index (χ3n) is 4.12. The molecule has 110 valence electrons. The molecule has 2 heteroatoms. The van der Waals surface area contributed by atoms with Gasteiger partial charge in [0, 0.05) is 17.8 Å². The van der Waals surface area contributed by atoms with Crippen molar-refractivity contribution in [3.8, 4) is 5.75 Å². The number of rotatable bonds is 1. The summed E-state index contributed by atoms with van der Waals surface area (Å²) in [5.41, 5.74) is 5.34. The summed E-state index contributed by atoms with van der Waals surface area (Å²) in [4.78, 5) is 2.30. The summed E-state index contributed by atoms with van der Waals surface area (Å²) in [7, 11) is 0. The highest BCUT2D eigenvalue weighted by Gasteiger charge is 2.21. The highest BCUT2D eigenvalue weighted by Crippen LogP contribution is 2.33. The topological polar surface area (TPSA) is 12.5 Å². The Bertz CT molecular complexity index is 655. The van der Waals surface area contributed by atoms with E-state index in [2.05, 4.69) is 75.1 Å². The Morgan fingerprint density at radius 3 is 2.52 bits per heavy atom. The molecule has 0 aromatic heterocycles. The standard InChI is InChI=1S/C19H23NO/c1-14-7-5-6-8-17(14)20-12-15-11-16(19(2,3)4)9-10-18(15)21-13-20/h5-11H,12-13H2,1-4H3. The van der Waals surface area contributed by atoms with Gasteiger partial charge in [0.1, 0.15) is 5.75 Å². The minimum atomic E-state index is 0.167. The molecule has 0 unspecified atom stereocenters. The molecule has 0 radical (unpaired) electrons.